The van der Waals surface area contributed by atoms with Crippen LogP contribution < -0.4 is 5.73 Å². The first-order valence-corrected chi connectivity index (χ1v) is 5.65. The number of thiazole rings is 1. The van der Waals surface area contributed by atoms with E-state index in [2.05, 4.69) is 4.98 Å². The third-order valence-corrected chi connectivity index (χ3v) is 3.07. The van der Waals surface area contributed by atoms with Crippen LogP contribution in [0.4, 0.5) is 18.3 Å². The van der Waals surface area contributed by atoms with Crippen LogP contribution in [0, 0.1) is 5.82 Å². The monoisotopic (exact) mass is 272 g/mol. The molecule has 1 heterocycles. The standard InChI is InChI=1S/C11H7F3N2OS/c12-6-3-1-2-5(4-6)8(17)9-7(10(13)14)16-11(15)18-9/h1-4,10H,(H2,15,16). The van der Waals surface area contributed by atoms with Gasteiger partial charge in [-0.25, -0.2) is 18.2 Å². The van der Waals surface area contributed by atoms with E-state index in [4.69, 9.17) is 5.73 Å². The number of aromatic nitrogens is 1. The summed E-state index contributed by atoms with van der Waals surface area (Å²) in [5.41, 5.74) is 4.64. The van der Waals surface area contributed by atoms with Crippen LogP contribution in [0.5, 0.6) is 0 Å². The molecular formula is C11H7F3N2OS. The fraction of sp³-hybridized carbons (Fsp3) is 0.0909. The summed E-state index contributed by atoms with van der Waals surface area (Å²) in [4.78, 5) is 15.1. The number of halogens is 3. The quantitative estimate of drug-likeness (QED) is 0.874. The van der Waals surface area contributed by atoms with E-state index in [0.29, 0.717) is 11.3 Å². The zero-order valence-electron chi connectivity index (χ0n) is 8.86. The Bertz CT molecular complexity index is 598. The van der Waals surface area contributed by atoms with Crippen molar-refractivity contribution in [2.75, 3.05) is 5.73 Å². The summed E-state index contributed by atoms with van der Waals surface area (Å²) in [6.07, 6.45) is -2.90. The number of hydrogen-bond donors (Lipinski definition) is 1. The minimum atomic E-state index is -2.90. The van der Waals surface area contributed by atoms with Crippen LogP contribution in [0.15, 0.2) is 24.3 Å². The van der Waals surface area contributed by atoms with Gasteiger partial charge >= 0.3 is 0 Å². The van der Waals surface area contributed by atoms with E-state index in [1.165, 1.54) is 12.1 Å². The van der Waals surface area contributed by atoms with Crippen LogP contribution in [0.3, 0.4) is 0 Å². The molecular weight excluding hydrogens is 265 g/mol. The van der Waals surface area contributed by atoms with Gasteiger partial charge in [-0.1, -0.05) is 23.5 Å². The maximum absolute atomic E-state index is 13.0. The molecule has 0 bridgehead atoms. The van der Waals surface area contributed by atoms with Crippen LogP contribution in [0.1, 0.15) is 27.4 Å². The lowest BCUT2D eigenvalue weighted by molar-refractivity contribution is 0.102. The largest absolute Gasteiger partial charge is 0.375 e. The van der Waals surface area contributed by atoms with Gasteiger partial charge in [0, 0.05) is 5.56 Å². The Morgan fingerprint density at radius 1 is 1.39 bits per heavy atom. The fourth-order valence-corrected chi connectivity index (χ4v) is 2.22. The van der Waals surface area contributed by atoms with E-state index in [0.717, 1.165) is 12.1 Å². The molecule has 0 saturated carbocycles. The molecule has 0 saturated heterocycles. The molecule has 0 aliphatic carbocycles. The lowest BCUT2D eigenvalue weighted by Crippen LogP contribution is -2.03. The minimum absolute atomic E-state index is 0.0134. The Morgan fingerprint density at radius 2 is 2.11 bits per heavy atom. The highest BCUT2D eigenvalue weighted by molar-refractivity contribution is 7.17. The number of nitrogens with two attached hydrogens (primary N) is 1. The maximum atomic E-state index is 13.0. The Labute approximate surface area is 104 Å². The number of alkyl halides is 2. The molecule has 0 radical (unpaired) electrons. The van der Waals surface area contributed by atoms with Gasteiger partial charge in [-0.3, -0.25) is 4.79 Å². The second-order valence-corrected chi connectivity index (χ2v) is 4.44. The van der Waals surface area contributed by atoms with E-state index < -0.39 is 23.7 Å². The zero-order chi connectivity index (χ0) is 13.3. The van der Waals surface area contributed by atoms with Crippen molar-refractivity contribution in [1.29, 1.82) is 0 Å². The zero-order valence-corrected chi connectivity index (χ0v) is 9.68. The maximum Gasteiger partial charge on any atom is 0.282 e. The first kappa shape index (κ1) is 12.6. The number of carbonyl (C=O) groups excluding carboxylic acids is 1. The summed E-state index contributed by atoms with van der Waals surface area (Å²) in [6, 6.07) is 4.81. The number of rotatable bonds is 3. The average Bonchev–Trinajstić information content (AvgIpc) is 2.70. The summed E-state index contributed by atoms with van der Waals surface area (Å²) in [7, 11) is 0. The molecule has 2 aromatic rings. The van der Waals surface area contributed by atoms with E-state index in [-0.39, 0.29) is 15.6 Å². The van der Waals surface area contributed by atoms with Crippen molar-refractivity contribution >= 4 is 22.3 Å². The van der Waals surface area contributed by atoms with E-state index in [9.17, 15) is 18.0 Å². The number of ketones is 1. The van der Waals surface area contributed by atoms with Gasteiger partial charge in [-0.15, -0.1) is 0 Å². The molecule has 2 rings (SSSR count). The Kier molecular flexibility index (Phi) is 3.33. The van der Waals surface area contributed by atoms with Crippen molar-refractivity contribution in [2.24, 2.45) is 0 Å². The molecule has 1 aromatic carbocycles. The van der Waals surface area contributed by atoms with Crippen molar-refractivity contribution in [3.63, 3.8) is 0 Å². The van der Waals surface area contributed by atoms with Crippen molar-refractivity contribution in [2.45, 2.75) is 6.43 Å². The number of anilines is 1. The number of benzene rings is 1. The van der Waals surface area contributed by atoms with Gasteiger partial charge in [-0.2, -0.15) is 0 Å². The van der Waals surface area contributed by atoms with Crippen LogP contribution >= 0.6 is 11.3 Å². The predicted molar refractivity (Wildman–Crippen MR) is 61.3 cm³/mol. The molecule has 0 atom stereocenters. The summed E-state index contributed by atoms with van der Waals surface area (Å²) in [5.74, 6) is -1.32. The third-order valence-electron chi connectivity index (χ3n) is 2.17. The van der Waals surface area contributed by atoms with Gasteiger partial charge in [-0.05, 0) is 12.1 Å². The van der Waals surface area contributed by atoms with Gasteiger partial charge in [0.05, 0.1) is 0 Å². The molecule has 0 fully saturated rings. The van der Waals surface area contributed by atoms with Crippen LogP contribution in [-0.4, -0.2) is 10.8 Å². The van der Waals surface area contributed by atoms with E-state index >= 15 is 0 Å². The fourth-order valence-electron chi connectivity index (χ4n) is 1.42. The molecule has 0 amide bonds. The molecule has 0 spiro atoms. The van der Waals surface area contributed by atoms with Gasteiger partial charge < -0.3 is 5.73 Å². The third kappa shape index (κ3) is 2.35. The van der Waals surface area contributed by atoms with Gasteiger partial charge in [0.2, 0.25) is 5.78 Å². The highest BCUT2D eigenvalue weighted by Gasteiger charge is 2.24. The highest BCUT2D eigenvalue weighted by Crippen LogP contribution is 2.30. The molecule has 94 valence electrons. The molecule has 0 unspecified atom stereocenters. The van der Waals surface area contributed by atoms with Crippen LogP contribution in [-0.2, 0) is 0 Å². The molecule has 1 aromatic heterocycles. The number of nitrogen functional groups attached to an aromatic ring is 1. The number of hydrogen-bond acceptors (Lipinski definition) is 4. The second kappa shape index (κ2) is 4.77. The molecule has 0 aliphatic heterocycles. The van der Waals surface area contributed by atoms with Crippen molar-refractivity contribution < 1.29 is 18.0 Å². The average molecular weight is 272 g/mol. The summed E-state index contributed by atoms with van der Waals surface area (Å²) < 4.78 is 38.3. The summed E-state index contributed by atoms with van der Waals surface area (Å²) in [6.45, 7) is 0. The van der Waals surface area contributed by atoms with Crippen LogP contribution in [0.2, 0.25) is 0 Å². The number of nitrogens with zero attached hydrogens (tertiary/aromatic N) is 1. The molecule has 7 heteroatoms. The predicted octanol–water partition coefficient (Wildman–Crippen LogP) is 3.03. The van der Waals surface area contributed by atoms with Crippen molar-refractivity contribution in [1.82, 2.24) is 4.98 Å². The smallest absolute Gasteiger partial charge is 0.282 e. The molecule has 0 aliphatic rings. The SMILES string of the molecule is Nc1nc(C(F)F)c(C(=O)c2cccc(F)c2)s1. The van der Waals surface area contributed by atoms with Crippen molar-refractivity contribution in [3.05, 3.63) is 46.2 Å². The first-order chi connectivity index (χ1) is 8.49. The Morgan fingerprint density at radius 3 is 2.72 bits per heavy atom. The lowest BCUT2D eigenvalue weighted by atomic mass is 10.1. The Hall–Kier alpha value is -1.89. The minimum Gasteiger partial charge on any atom is -0.375 e. The van der Waals surface area contributed by atoms with Gasteiger partial charge in [0.25, 0.3) is 6.43 Å². The Balaban J connectivity index is 2.46. The topological polar surface area (TPSA) is 56.0 Å². The molecule has 3 nitrogen and oxygen atoms in total. The van der Waals surface area contributed by atoms with Crippen molar-refractivity contribution in [3.8, 4) is 0 Å². The number of carbonyl (C=O) groups is 1. The van der Waals surface area contributed by atoms with E-state index in [1.807, 2.05) is 0 Å². The van der Waals surface area contributed by atoms with E-state index in [1.54, 1.807) is 0 Å². The molecule has 2 N–H and O–H groups in total. The summed E-state index contributed by atoms with van der Waals surface area (Å²) >= 11 is 0.666. The highest BCUT2D eigenvalue weighted by atomic mass is 32.1. The summed E-state index contributed by atoms with van der Waals surface area (Å²) in [5, 5.41) is -0.120. The normalized spacial score (nSPS) is 10.9. The van der Waals surface area contributed by atoms with Crippen LogP contribution in [0.25, 0.3) is 0 Å². The first-order valence-electron chi connectivity index (χ1n) is 4.83. The van der Waals surface area contributed by atoms with Gasteiger partial charge in [0.15, 0.2) is 5.13 Å². The van der Waals surface area contributed by atoms with Gasteiger partial charge in [0.1, 0.15) is 16.4 Å². The second-order valence-electron chi connectivity index (χ2n) is 3.41. The molecule has 18 heavy (non-hydrogen) atoms. The lowest BCUT2D eigenvalue weighted by Gasteiger charge is -2.01.